The van der Waals surface area contributed by atoms with Crippen LogP contribution in [0.25, 0.3) is 0 Å². The molecule has 0 aliphatic carbocycles. The number of aromatic nitrogens is 2. The van der Waals surface area contributed by atoms with Gasteiger partial charge >= 0.3 is 0 Å². The maximum atomic E-state index is 5.91. The van der Waals surface area contributed by atoms with E-state index in [4.69, 9.17) is 5.73 Å². The maximum Gasteiger partial charge on any atom is 0.191 e. The number of rotatable bonds is 6. The predicted octanol–water partition coefficient (Wildman–Crippen LogP) is 1.55. The van der Waals surface area contributed by atoms with Crippen molar-refractivity contribution in [1.82, 2.24) is 14.7 Å². The smallest absolute Gasteiger partial charge is 0.191 e. The van der Waals surface area contributed by atoms with E-state index in [0.717, 1.165) is 38.3 Å². The van der Waals surface area contributed by atoms with Crippen LogP contribution in [0.3, 0.4) is 0 Å². The van der Waals surface area contributed by atoms with Crippen LogP contribution < -0.4 is 5.73 Å². The normalized spacial score (nSPS) is 11.9. The van der Waals surface area contributed by atoms with Crippen LogP contribution in [-0.2, 0) is 6.54 Å². The van der Waals surface area contributed by atoms with E-state index in [-0.39, 0.29) is 0 Å². The molecule has 1 rings (SSSR count). The minimum atomic E-state index is 0.647. The van der Waals surface area contributed by atoms with E-state index < -0.39 is 0 Å². The summed E-state index contributed by atoms with van der Waals surface area (Å²) < 4.78 is 2.03. The number of aryl methyl sites for hydroxylation is 3. The SMILES string of the molecule is CCN(CC)C(N)=NCCCn1nc(C)cc1C. The Bertz CT molecular complexity index is 390. The lowest BCUT2D eigenvalue weighted by molar-refractivity contribution is 0.457. The molecule has 1 aromatic rings. The van der Waals surface area contributed by atoms with Crippen LogP contribution in [0, 0.1) is 13.8 Å². The van der Waals surface area contributed by atoms with E-state index in [9.17, 15) is 0 Å². The van der Waals surface area contributed by atoms with E-state index >= 15 is 0 Å². The van der Waals surface area contributed by atoms with Gasteiger partial charge in [-0.05, 0) is 40.2 Å². The van der Waals surface area contributed by atoms with E-state index in [1.165, 1.54) is 5.69 Å². The van der Waals surface area contributed by atoms with Crippen LogP contribution in [0.5, 0.6) is 0 Å². The lowest BCUT2D eigenvalue weighted by Gasteiger charge is -2.19. The summed E-state index contributed by atoms with van der Waals surface area (Å²) in [6.45, 7) is 11.7. The minimum absolute atomic E-state index is 0.647. The van der Waals surface area contributed by atoms with E-state index in [2.05, 4.69) is 41.8 Å². The zero-order chi connectivity index (χ0) is 13.5. The van der Waals surface area contributed by atoms with Crippen LogP contribution >= 0.6 is 0 Å². The first-order valence-corrected chi connectivity index (χ1v) is 6.64. The van der Waals surface area contributed by atoms with Gasteiger partial charge in [-0.1, -0.05) is 0 Å². The highest BCUT2D eigenvalue weighted by Crippen LogP contribution is 2.02. The highest BCUT2D eigenvalue weighted by molar-refractivity contribution is 5.77. The molecule has 0 radical (unpaired) electrons. The molecule has 1 heterocycles. The van der Waals surface area contributed by atoms with Crippen molar-refractivity contribution in [3.8, 4) is 0 Å². The molecule has 0 fully saturated rings. The summed E-state index contributed by atoms with van der Waals surface area (Å²) in [6.07, 6.45) is 0.962. The molecular formula is C13H25N5. The van der Waals surface area contributed by atoms with Crippen molar-refractivity contribution in [3.05, 3.63) is 17.5 Å². The fourth-order valence-corrected chi connectivity index (χ4v) is 1.96. The van der Waals surface area contributed by atoms with Crippen molar-refractivity contribution in [2.24, 2.45) is 10.7 Å². The van der Waals surface area contributed by atoms with Crippen molar-refractivity contribution >= 4 is 5.96 Å². The highest BCUT2D eigenvalue weighted by atomic mass is 15.3. The van der Waals surface area contributed by atoms with Crippen LogP contribution in [0.2, 0.25) is 0 Å². The lowest BCUT2D eigenvalue weighted by atomic mass is 10.4. The number of hydrogen-bond donors (Lipinski definition) is 1. The van der Waals surface area contributed by atoms with Gasteiger partial charge in [0.05, 0.1) is 5.69 Å². The zero-order valence-electron chi connectivity index (χ0n) is 12.0. The Balaban J connectivity index is 2.38. The molecule has 0 unspecified atom stereocenters. The molecule has 0 aromatic carbocycles. The topological polar surface area (TPSA) is 59.4 Å². The molecule has 5 heteroatoms. The van der Waals surface area contributed by atoms with Crippen molar-refractivity contribution in [3.63, 3.8) is 0 Å². The summed E-state index contributed by atoms with van der Waals surface area (Å²) in [7, 11) is 0. The van der Waals surface area contributed by atoms with Gasteiger partial charge in [-0.3, -0.25) is 9.67 Å². The second kappa shape index (κ2) is 7.03. The Labute approximate surface area is 110 Å². The molecule has 18 heavy (non-hydrogen) atoms. The minimum Gasteiger partial charge on any atom is -0.370 e. The first-order chi connectivity index (χ1) is 8.58. The van der Waals surface area contributed by atoms with Crippen molar-refractivity contribution < 1.29 is 0 Å². The zero-order valence-corrected chi connectivity index (χ0v) is 12.0. The Kier molecular flexibility index (Phi) is 5.68. The third-order valence-corrected chi connectivity index (χ3v) is 2.99. The number of aliphatic imine (C=N–C) groups is 1. The molecule has 0 saturated heterocycles. The molecule has 0 spiro atoms. The molecule has 0 aliphatic rings. The van der Waals surface area contributed by atoms with Crippen molar-refractivity contribution in [1.29, 1.82) is 0 Å². The molecule has 0 saturated carbocycles. The Hall–Kier alpha value is -1.52. The Morgan fingerprint density at radius 2 is 2.06 bits per heavy atom. The molecule has 102 valence electrons. The Morgan fingerprint density at radius 1 is 1.39 bits per heavy atom. The average Bonchev–Trinajstić information content (AvgIpc) is 2.65. The molecule has 5 nitrogen and oxygen atoms in total. The molecule has 0 bridgehead atoms. The fraction of sp³-hybridized carbons (Fsp3) is 0.692. The van der Waals surface area contributed by atoms with Gasteiger partial charge in [-0.25, -0.2) is 0 Å². The van der Waals surface area contributed by atoms with Crippen LogP contribution in [0.1, 0.15) is 31.7 Å². The second-order valence-corrected chi connectivity index (χ2v) is 4.42. The molecular weight excluding hydrogens is 226 g/mol. The van der Waals surface area contributed by atoms with Gasteiger partial charge in [0, 0.05) is 31.9 Å². The van der Waals surface area contributed by atoms with Gasteiger partial charge < -0.3 is 10.6 Å². The largest absolute Gasteiger partial charge is 0.370 e. The summed E-state index contributed by atoms with van der Waals surface area (Å²) in [5.74, 6) is 0.647. The standard InChI is InChI=1S/C13H25N5/c1-5-17(6-2)13(14)15-8-7-9-18-12(4)10-11(3)16-18/h10H,5-9H2,1-4H3,(H2,14,15). The van der Waals surface area contributed by atoms with E-state index in [1.807, 2.05) is 11.6 Å². The second-order valence-electron chi connectivity index (χ2n) is 4.42. The number of nitrogens with zero attached hydrogens (tertiary/aromatic N) is 4. The summed E-state index contributed by atoms with van der Waals surface area (Å²) in [5.41, 5.74) is 8.18. The van der Waals surface area contributed by atoms with Crippen LogP contribution in [0.4, 0.5) is 0 Å². The number of nitrogens with two attached hydrogens (primary N) is 1. The van der Waals surface area contributed by atoms with E-state index in [0.29, 0.717) is 5.96 Å². The average molecular weight is 251 g/mol. The van der Waals surface area contributed by atoms with Gasteiger partial charge in [-0.2, -0.15) is 5.10 Å². The van der Waals surface area contributed by atoms with E-state index in [1.54, 1.807) is 0 Å². The third kappa shape index (κ3) is 4.05. The molecule has 0 amide bonds. The first-order valence-electron chi connectivity index (χ1n) is 6.64. The number of hydrogen-bond acceptors (Lipinski definition) is 2. The van der Waals surface area contributed by atoms with Gasteiger partial charge in [0.2, 0.25) is 0 Å². The van der Waals surface area contributed by atoms with Crippen molar-refractivity contribution in [2.45, 2.75) is 40.7 Å². The Morgan fingerprint density at radius 3 is 2.56 bits per heavy atom. The molecule has 2 N–H and O–H groups in total. The highest BCUT2D eigenvalue weighted by Gasteiger charge is 2.02. The summed E-state index contributed by atoms with van der Waals surface area (Å²) in [6, 6.07) is 2.09. The summed E-state index contributed by atoms with van der Waals surface area (Å²) in [5, 5.41) is 4.42. The lowest BCUT2D eigenvalue weighted by Crippen LogP contribution is -2.37. The van der Waals surface area contributed by atoms with Crippen LogP contribution in [-0.4, -0.2) is 40.3 Å². The van der Waals surface area contributed by atoms with Crippen molar-refractivity contribution in [2.75, 3.05) is 19.6 Å². The quantitative estimate of drug-likeness (QED) is 0.474. The summed E-state index contributed by atoms with van der Waals surface area (Å²) in [4.78, 5) is 6.46. The van der Waals surface area contributed by atoms with Gasteiger partial charge in [-0.15, -0.1) is 0 Å². The predicted molar refractivity (Wildman–Crippen MR) is 75.7 cm³/mol. The van der Waals surface area contributed by atoms with Crippen LogP contribution in [0.15, 0.2) is 11.1 Å². The number of guanidine groups is 1. The third-order valence-electron chi connectivity index (χ3n) is 2.99. The first kappa shape index (κ1) is 14.5. The maximum absolute atomic E-state index is 5.91. The van der Waals surface area contributed by atoms with Gasteiger partial charge in [0.1, 0.15) is 0 Å². The molecule has 0 atom stereocenters. The van der Waals surface area contributed by atoms with Gasteiger partial charge in [0.25, 0.3) is 0 Å². The molecule has 0 aliphatic heterocycles. The summed E-state index contributed by atoms with van der Waals surface area (Å²) >= 11 is 0. The molecule has 1 aromatic heterocycles. The van der Waals surface area contributed by atoms with Gasteiger partial charge in [0.15, 0.2) is 5.96 Å². The monoisotopic (exact) mass is 251 g/mol. The fourth-order valence-electron chi connectivity index (χ4n) is 1.96.